The Bertz CT molecular complexity index is 1020. The Hall–Kier alpha value is -3.67. The van der Waals surface area contributed by atoms with Gasteiger partial charge in [-0.05, 0) is 31.2 Å². The van der Waals surface area contributed by atoms with Crippen LogP contribution in [0.4, 0.5) is 5.69 Å². The molecule has 2 heterocycles. The number of benzene rings is 1. The van der Waals surface area contributed by atoms with E-state index >= 15 is 0 Å². The molecule has 1 aromatic heterocycles. The van der Waals surface area contributed by atoms with Crippen molar-refractivity contribution >= 4 is 29.8 Å². The number of pyridine rings is 1. The van der Waals surface area contributed by atoms with Gasteiger partial charge in [-0.15, -0.1) is 0 Å². The zero-order chi connectivity index (χ0) is 26.6. The van der Waals surface area contributed by atoms with Crippen LogP contribution in [0.5, 0.6) is 0 Å². The lowest BCUT2D eigenvalue weighted by atomic mass is 9.96. The lowest BCUT2D eigenvalue weighted by Crippen LogP contribution is -2.45. The smallest absolute Gasteiger partial charge is 0.336 e. The third-order valence-electron chi connectivity index (χ3n) is 5.61. The van der Waals surface area contributed by atoms with Crippen molar-refractivity contribution in [2.75, 3.05) is 39.8 Å². The minimum absolute atomic E-state index is 1.03. The number of carboxylic acid groups (broad SMARTS) is 3. The minimum Gasteiger partial charge on any atom is -0.481 e. The molecule has 1 aliphatic rings. The first-order valence-corrected chi connectivity index (χ1v) is 11.4. The summed E-state index contributed by atoms with van der Waals surface area (Å²) in [7, 11) is 2.19. The molecule has 0 unspecified atom stereocenters. The predicted octanol–water partition coefficient (Wildman–Crippen LogP) is 1.37. The number of rotatable bonds is 10. The second-order valence-electron chi connectivity index (χ2n) is 8.55. The van der Waals surface area contributed by atoms with Gasteiger partial charge in [0.1, 0.15) is 0 Å². The zero-order valence-electron chi connectivity index (χ0n) is 20.2. The van der Waals surface area contributed by atoms with Gasteiger partial charge in [0.15, 0.2) is 5.60 Å². The summed E-state index contributed by atoms with van der Waals surface area (Å²) in [6.45, 7) is 5.77. The molecule has 1 saturated heterocycles. The van der Waals surface area contributed by atoms with E-state index in [4.69, 9.17) is 20.4 Å². The molecule has 4 N–H and O–H groups in total. The molecule has 0 radical (unpaired) electrons. The van der Waals surface area contributed by atoms with E-state index in [2.05, 4.69) is 51.1 Å². The number of carbonyl (C=O) groups is 3. The van der Waals surface area contributed by atoms with Crippen LogP contribution in [0.25, 0.3) is 0 Å². The highest BCUT2D eigenvalue weighted by atomic mass is 16.4. The molecule has 0 atom stereocenters. The minimum atomic E-state index is -2.74. The van der Waals surface area contributed by atoms with Gasteiger partial charge in [0.25, 0.3) is 0 Å². The maximum Gasteiger partial charge on any atom is 0.336 e. The lowest BCUT2D eigenvalue weighted by molar-refractivity contribution is -0.170. The number of piperazine rings is 1. The third kappa shape index (κ3) is 9.90. The molecule has 11 nitrogen and oxygen atoms in total. The molecule has 0 spiro atoms. The highest BCUT2D eigenvalue weighted by Gasteiger charge is 2.40. The second kappa shape index (κ2) is 14.0. The molecule has 194 valence electrons. The van der Waals surface area contributed by atoms with Crippen molar-refractivity contribution in [3.63, 3.8) is 0 Å². The number of hydrogen-bond donors (Lipinski definition) is 4. The van der Waals surface area contributed by atoms with Crippen molar-refractivity contribution in [3.05, 3.63) is 59.9 Å². The van der Waals surface area contributed by atoms with Crippen LogP contribution in [0.3, 0.4) is 0 Å². The number of para-hydroxylation sites is 1. The van der Waals surface area contributed by atoms with Crippen LogP contribution in [-0.2, 0) is 20.8 Å². The van der Waals surface area contributed by atoms with Gasteiger partial charge < -0.3 is 30.2 Å². The quantitative estimate of drug-likeness (QED) is 0.350. The van der Waals surface area contributed by atoms with Gasteiger partial charge in [-0.25, -0.2) is 4.79 Å². The monoisotopic (exact) mass is 500 g/mol. The molecule has 0 saturated carbocycles. The standard InChI is InChI=1S/C19H24N4.C6H8O7/c1-22-11-13-23(14-12-22)10-8-18-6-2-3-7-19(18)21-16-17-5-4-9-20-15-17;7-3(8)1-6(13,5(11)12)2-4(9)10/h2-7,9,15-16H,8,10-14H2,1H3;13H,1-2H2,(H,7,8)(H,9,10)(H,11,12). The van der Waals surface area contributed by atoms with Crippen molar-refractivity contribution < 1.29 is 34.8 Å². The average molecular weight is 501 g/mol. The van der Waals surface area contributed by atoms with E-state index in [1.165, 1.54) is 18.7 Å². The van der Waals surface area contributed by atoms with Gasteiger partial charge in [-0.1, -0.05) is 24.3 Å². The Morgan fingerprint density at radius 3 is 2.19 bits per heavy atom. The summed E-state index contributed by atoms with van der Waals surface area (Å²) in [5.74, 6) is -5.02. The molecule has 1 fully saturated rings. The Balaban J connectivity index is 0.000000302. The number of aliphatic hydroxyl groups is 1. The van der Waals surface area contributed by atoms with E-state index in [9.17, 15) is 14.4 Å². The fourth-order valence-electron chi connectivity index (χ4n) is 3.51. The van der Waals surface area contributed by atoms with E-state index in [0.717, 1.165) is 37.3 Å². The van der Waals surface area contributed by atoms with Crippen LogP contribution >= 0.6 is 0 Å². The Labute approximate surface area is 209 Å². The molecule has 0 bridgehead atoms. The summed E-state index contributed by atoms with van der Waals surface area (Å²) in [6, 6.07) is 12.4. The van der Waals surface area contributed by atoms with Crippen LogP contribution in [0.2, 0.25) is 0 Å². The molecule has 11 heteroatoms. The van der Waals surface area contributed by atoms with Gasteiger partial charge in [0, 0.05) is 56.9 Å². The first-order chi connectivity index (χ1) is 17.1. The molecule has 1 aromatic carbocycles. The van der Waals surface area contributed by atoms with Crippen LogP contribution in [-0.4, -0.2) is 105 Å². The SMILES string of the molecule is CN1CCN(CCc2ccccc2N=Cc2cccnc2)CC1.O=C(O)CC(O)(CC(=O)O)C(=O)O. The van der Waals surface area contributed by atoms with Crippen molar-refractivity contribution in [1.29, 1.82) is 0 Å². The van der Waals surface area contributed by atoms with Crippen LogP contribution in [0.1, 0.15) is 24.0 Å². The molecule has 0 aliphatic carbocycles. The Kier molecular flexibility index (Phi) is 11.1. The van der Waals surface area contributed by atoms with E-state index in [1.807, 2.05) is 24.5 Å². The summed E-state index contributed by atoms with van der Waals surface area (Å²) in [4.78, 5) is 44.2. The largest absolute Gasteiger partial charge is 0.481 e. The number of nitrogens with zero attached hydrogens (tertiary/aromatic N) is 4. The van der Waals surface area contributed by atoms with E-state index < -0.39 is 36.4 Å². The highest BCUT2D eigenvalue weighted by Crippen LogP contribution is 2.20. The van der Waals surface area contributed by atoms with E-state index in [0.29, 0.717) is 0 Å². The summed E-state index contributed by atoms with van der Waals surface area (Å²) in [5.41, 5.74) is 0.663. The predicted molar refractivity (Wildman–Crippen MR) is 133 cm³/mol. The van der Waals surface area contributed by atoms with Crippen LogP contribution in [0, 0.1) is 0 Å². The number of aliphatic imine (C=N–C) groups is 1. The summed E-state index contributed by atoms with van der Waals surface area (Å²) in [5, 5.41) is 33.8. The maximum absolute atomic E-state index is 10.3. The summed E-state index contributed by atoms with van der Waals surface area (Å²) < 4.78 is 0. The molecule has 36 heavy (non-hydrogen) atoms. The number of aromatic nitrogens is 1. The molecule has 0 amide bonds. The summed E-state index contributed by atoms with van der Waals surface area (Å²) in [6.07, 6.45) is 4.26. The maximum atomic E-state index is 10.3. The van der Waals surface area contributed by atoms with Gasteiger partial charge in [-0.2, -0.15) is 0 Å². The molecule has 2 aromatic rings. The van der Waals surface area contributed by atoms with Crippen LogP contribution in [0.15, 0.2) is 53.8 Å². The topological polar surface area (TPSA) is 164 Å². The van der Waals surface area contributed by atoms with Gasteiger partial charge in [0.05, 0.1) is 18.5 Å². The lowest BCUT2D eigenvalue weighted by Gasteiger charge is -2.32. The zero-order valence-corrected chi connectivity index (χ0v) is 20.2. The number of carboxylic acids is 3. The number of likely N-dealkylation sites (N-methyl/N-ethyl adjacent to an activating group) is 1. The second-order valence-corrected chi connectivity index (χ2v) is 8.55. The van der Waals surface area contributed by atoms with Gasteiger partial charge >= 0.3 is 17.9 Å². The Morgan fingerprint density at radius 2 is 1.64 bits per heavy atom. The average Bonchev–Trinajstić information content (AvgIpc) is 2.83. The Morgan fingerprint density at radius 1 is 1.00 bits per heavy atom. The fraction of sp³-hybridized carbons (Fsp3) is 0.400. The van der Waals surface area contributed by atoms with Gasteiger partial charge in [-0.3, -0.25) is 19.6 Å². The van der Waals surface area contributed by atoms with Gasteiger partial charge in [0.2, 0.25) is 0 Å². The molecule has 1 aliphatic heterocycles. The fourth-order valence-corrected chi connectivity index (χ4v) is 3.51. The number of hydrogen-bond acceptors (Lipinski definition) is 8. The molecular formula is C25H32N4O7. The third-order valence-corrected chi connectivity index (χ3v) is 5.61. The number of aliphatic carboxylic acids is 3. The van der Waals surface area contributed by atoms with Crippen molar-refractivity contribution in [3.8, 4) is 0 Å². The van der Waals surface area contributed by atoms with Crippen molar-refractivity contribution in [2.45, 2.75) is 24.9 Å². The first-order valence-electron chi connectivity index (χ1n) is 11.4. The van der Waals surface area contributed by atoms with E-state index in [1.54, 1.807) is 6.20 Å². The van der Waals surface area contributed by atoms with E-state index in [-0.39, 0.29) is 0 Å². The summed E-state index contributed by atoms with van der Waals surface area (Å²) >= 11 is 0. The molecular weight excluding hydrogens is 468 g/mol. The van der Waals surface area contributed by atoms with Crippen LogP contribution < -0.4 is 0 Å². The normalized spacial score (nSPS) is 14.7. The van der Waals surface area contributed by atoms with Crippen molar-refractivity contribution in [1.82, 2.24) is 14.8 Å². The molecule has 3 rings (SSSR count). The first kappa shape index (κ1) is 28.6. The van der Waals surface area contributed by atoms with Crippen molar-refractivity contribution in [2.24, 2.45) is 4.99 Å². The highest BCUT2D eigenvalue weighted by molar-refractivity contribution is 5.88.